The second-order valence-corrected chi connectivity index (χ2v) is 3.69. The standard InChI is InChI=1S/C11H16N2/c1-8(12-2)11-7-9-5-3-4-6-10(9)13-11/h3-6,8,11-13H,7H2,1-2H3. The minimum absolute atomic E-state index is 0.521. The van der Waals surface area contributed by atoms with Crippen molar-refractivity contribution in [2.75, 3.05) is 12.4 Å². The van der Waals surface area contributed by atoms with E-state index in [2.05, 4.69) is 41.8 Å². The van der Waals surface area contributed by atoms with Crippen LogP contribution in [0.3, 0.4) is 0 Å². The first-order valence-electron chi connectivity index (χ1n) is 4.83. The van der Waals surface area contributed by atoms with Gasteiger partial charge in [-0.1, -0.05) is 18.2 Å². The van der Waals surface area contributed by atoms with Crippen molar-refractivity contribution >= 4 is 5.69 Å². The molecule has 70 valence electrons. The molecule has 1 aromatic rings. The van der Waals surface area contributed by atoms with Gasteiger partial charge in [0.25, 0.3) is 0 Å². The van der Waals surface area contributed by atoms with Crippen LogP contribution < -0.4 is 10.6 Å². The lowest BCUT2D eigenvalue weighted by atomic mass is 10.1. The smallest absolute Gasteiger partial charge is 0.0452 e. The molecule has 1 aliphatic rings. The highest BCUT2D eigenvalue weighted by molar-refractivity contribution is 5.56. The van der Waals surface area contributed by atoms with Gasteiger partial charge in [0.05, 0.1) is 0 Å². The quantitative estimate of drug-likeness (QED) is 0.715. The monoisotopic (exact) mass is 176 g/mol. The number of anilines is 1. The van der Waals surface area contributed by atoms with E-state index in [4.69, 9.17) is 0 Å². The molecule has 0 saturated carbocycles. The van der Waals surface area contributed by atoms with Gasteiger partial charge in [-0.2, -0.15) is 0 Å². The van der Waals surface area contributed by atoms with Crippen molar-refractivity contribution in [3.63, 3.8) is 0 Å². The molecule has 0 bridgehead atoms. The molecule has 0 amide bonds. The first-order chi connectivity index (χ1) is 6.31. The number of hydrogen-bond acceptors (Lipinski definition) is 2. The van der Waals surface area contributed by atoms with E-state index < -0.39 is 0 Å². The lowest BCUT2D eigenvalue weighted by Crippen LogP contribution is -2.38. The Morgan fingerprint density at radius 1 is 1.46 bits per heavy atom. The summed E-state index contributed by atoms with van der Waals surface area (Å²) in [5, 5.41) is 6.80. The summed E-state index contributed by atoms with van der Waals surface area (Å²) in [6.45, 7) is 2.21. The Morgan fingerprint density at radius 3 is 2.92 bits per heavy atom. The molecule has 1 aromatic carbocycles. The Morgan fingerprint density at radius 2 is 2.23 bits per heavy atom. The number of para-hydroxylation sites is 1. The van der Waals surface area contributed by atoms with E-state index in [1.165, 1.54) is 11.3 Å². The van der Waals surface area contributed by atoms with Crippen LogP contribution >= 0.6 is 0 Å². The highest BCUT2D eigenvalue weighted by Crippen LogP contribution is 2.26. The summed E-state index contributed by atoms with van der Waals surface area (Å²) in [5.74, 6) is 0. The minimum Gasteiger partial charge on any atom is -0.380 e. The number of likely N-dealkylation sites (N-methyl/N-ethyl adjacent to an activating group) is 1. The Bertz CT molecular complexity index is 271. The van der Waals surface area contributed by atoms with Crippen molar-refractivity contribution in [1.29, 1.82) is 0 Å². The average Bonchev–Trinajstić information content (AvgIpc) is 2.59. The van der Waals surface area contributed by atoms with Gasteiger partial charge >= 0.3 is 0 Å². The highest BCUT2D eigenvalue weighted by atomic mass is 15.0. The van der Waals surface area contributed by atoms with Gasteiger partial charge in [0.15, 0.2) is 0 Å². The maximum absolute atomic E-state index is 3.52. The topological polar surface area (TPSA) is 24.1 Å². The minimum atomic E-state index is 0.521. The van der Waals surface area contributed by atoms with Crippen LogP contribution in [0.15, 0.2) is 24.3 Å². The Balaban J connectivity index is 2.14. The second-order valence-electron chi connectivity index (χ2n) is 3.69. The van der Waals surface area contributed by atoms with E-state index in [0.29, 0.717) is 12.1 Å². The fraction of sp³-hybridized carbons (Fsp3) is 0.455. The molecule has 1 heterocycles. The predicted molar refractivity (Wildman–Crippen MR) is 56.1 cm³/mol. The second kappa shape index (κ2) is 3.38. The summed E-state index contributed by atoms with van der Waals surface area (Å²) in [6.07, 6.45) is 1.14. The van der Waals surface area contributed by atoms with Crippen LogP contribution in [0.5, 0.6) is 0 Å². The molecule has 1 aliphatic heterocycles. The molecule has 2 atom stereocenters. The molecule has 2 nitrogen and oxygen atoms in total. The summed E-state index contributed by atoms with van der Waals surface area (Å²) in [4.78, 5) is 0. The summed E-state index contributed by atoms with van der Waals surface area (Å²) < 4.78 is 0. The largest absolute Gasteiger partial charge is 0.380 e. The van der Waals surface area contributed by atoms with Gasteiger partial charge in [-0.3, -0.25) is 0 Å². The Kier molecular flexibility index (Phi) is 2.23. The molecule has 2 rings (SSSR count). The molecule has 0 spiro atoms. The maximum Gasteiger partial charge on any atom is 0.0452 e. The zero-order chi connectivity index (χ0) is 9.26. The van der Waals surface area contributed by atoms with Crippen molar-refractivity contribution in [3.05, 3.63) is 29.8 Å². The third-order valence-electron chi connectivity index (χ3n) is 2.86. The van der Waals surface area contributed by atoms with Crippen LogP contribution in [0.25, 0.3) is 0 Å². The summed E-state index contributed by atoms with van der Waals surface area (Å²) in [6, 6.07) is 9.60. The van der Waals surface area contributed by atoms with E-state index in [1.807, 2.05) is 7.05 Å². The van der Waals surface area contributed by atoms with Gasteiger partial charge in [0, 0.05) is 17.8 Å². The number of hydrogen-bond donors (Lipinski definition) is 2. The SMILES string of the molecule is CNC(C)C1Cc2ccccc2N1. The lowest BCUT2D eigenvalue weighted by molar-refractivity contribution is 0.527. The van der Waals surface area contributed by atoms with Crippen LogP contribution in [0.4, 0.5) is 5.69 Å². The fourth-order valence-corrected chi connectivity index (χ4v) is 1.83. The van der Waals surface area contributed by atoms with E-state index >= 15 is 0 Å². The van der Waals surface area contributed by atoms with Gasteiger partial charge < -0.3 is 10.6 Å². The molecule has 2 heteroatoms. The molecule has 13 heavy (non-hydrogen) atoms. The molecule has 0 radical (unpaired) electrons. The number of nitrogens with one attached hydrogen (secondary N) is 2. The van der Waals surface area contributed by atoms with Gasteiger partial charge in [0.1, 0.15) is 0 Å². The highest BCUT2D eigenvalue weighted by Gasteiger charge is 2.23. The molecule has 0 saturated heterocycles. The van der Waals surface area contributed by atoms with Gasteiger partial charge in [-0.25, -0.2) is 0 Å². The van der Waals surface area contributed by atoms with Crippen LogP contribution in [-0.4, -0.2) is 19.1 Å². The van der Waals surface area contributed by atoms with Crippen LogP contribution in [0, 0.1) is 0 Å². The predicted octanol–water partition coefficient (Wildman–Crippen LogP) is 1.63. The molecule has 2 unspecified atom stereocenters. The zero-order valence-electron chi connectivity index (χ0n) is 8.17. The third-order valence-corrected chi connectivity index (χ3v) is 2.86. The Labute approximate surface area is 79.4 Å². The maximum atomic E-state index is 3.52. The summed E-state index contributed by atoms with van der Waals surface area (Å²) in [7, 11) is 2.01. The molecule has 2 N–H and O–H groups in total. The first kappa shape index (κ1) is 8.57. The van der Waals surface area contributed by atoms with E-state index in [1.54, 1.807) is 0 Å². The van der Waals surface area contributed by atoms with E-state index in [-0.39, 0.29) is 0 Å². The molecule has 0 fully saturated rings. The Hall–Kier alpha value is -1.02. The van der Waals surface area contributed by atoms with Crippen molar-refractivity contribution in [2.24, 2.45) is 0 Å². The molecule has 0 aliphatic carbocycles. The molecular weight excluding hydrogens is 160 g/mol. The van der Waals surface area contributed by atoms with Gasteiger partial charge in [0.2, 0.25) is 0 Å². The van der Waals surface area contributed by atoms with Crippen molar-refractivity contribution in [1.82, 2.24) is 5.32 Å². The number of rotatable bonds is 2. The van der Waals surface area contributed by atoms with E-state index in [9.17, 15) is 0 Å². The summed E-state index contributed by atoms with van der Waals surface area (Å²) in [5.41, 5.74) is 2.74. The molecular formula is C11H16N2. The van der Waals surface area contributed by atoms with Crippen molar-refractivity contribution in [3.8, 4) is 0 Å². The van der Waals surface area contributed by atoms with Crippen molar-refractivity contribution in [2.45, 2.75) is 25.4 Å². The van der Waals surface area contributed by atoms with Crippen LogP contribution in [0.1, 0.15) is 12.5 Å². The summed E-state index contributed by atoms with van der Waals surface area (Å²) >= 11 is 0. The van der Waals surface area contributed by atoms with Crippen molar-refractivity contribution < 1.29 is 0 Å². The third kappa shape index (κ3) is 1.54. The number of fused-ring (bicyclic) bond motifs is 1. The normalized spacial score (nSPS) is 22.2. The number of benzene rings is 1. The van der Waals surface area contributed by atoms with Crippen LogP contribution in [-0.2, 0) is 6.42 Å². The van der Waals surface area contributed by atoms with Gasteiger partial charge in [-0.05, 0) is 32.0 Å². The average molecular weight is 176 g/mol. The van der Waals surface area contributed by atoms with Gasteiger partial charge in [-0.15, -0.1) is 0 Å². The van der Waals surface area contributed by atoms with Crippen LogP contribution in [0.2, 0.25) is 0 Å². The lowest BCUT2D eigenvalue weighted by Gasteiger charge is -2.18. The molecule has 0 aromatic heterocycles. The fourth-order valence-electron chi connectivity index (χ4n) is 1.83. The zero-order valence-corrected chi connectivity index (χ0v) is 8.17. The van der Waals surface area contributed by atoms with E-state index in [0.717, 1.165) is 6.42 Å². The first-order valence-corrected chi connectivity index (χ1v) is 4.83.